The summed E-state index contributed by atoms with van der Waals surface area (Å²) in [5.74, 6) is 0.249. The second kappa shape index (κ2) is 12.7. The number of fused-ring (bicyclic) bond motifs is 1. The number of amides is 2. The van der Waals surface area contributed by atoms with Crippen molar-refractivity contribution in [1.82, 2.24) is 24.5 Å². The molecule has 2 aliphatic rings. The van der Waals surface area contributed by atoms with Crippen LogP contribution in [-0.4, -0.2) is 76.3 Å². The number of pyridine rings is 1. The summed E-state index contributed by atoms with van der Waals surface area (Å²) in [6.45, 7) is 6.55. The predicted molar refractivity (Wildman–Crippen MR) is 161 cm³/mol. The molecule has 3 aromatic rings. The van der Waals surface area contributed by atoms with Gasteiger partial charge in [0.2, 0.25) is 0 Å². The quantitative estimate of drug-likeness (QED) is 0.414. The van der Waals surface area contributed by atoms with Gasteiger partial charge in [-0.25, -0.2) is 9.78 Å². The zero-order valence-corrected chi connectivity index (χ0v) is 25.5. The van der Waals surface area contributed by atoms with Crippen molar-refractivity contribution in [3.05, 3.63) is 46.5 Å². The number of ether oxygens (including phenoxy) is 3. The maximum atomic E-state index is 13.5. The van der Waals surface area contributed by atoms with Gasteiger partial charge >= 0.3 is 6.09 Å². The maximum absolute atomic E-state index is 13.5. The lowest BCUT2D eigenvalue weighted by Gasteiger charge is -2.28. The number of anilines is 3. The molecule has 43 heavy (non-hydrogen) atoms. The standard InChI is InChI=1S/C30H41N7O6/c1-30(2,3)43-29(40)35(4)25-17-24(33-23-10-7-13-36(28(23)39)20-11-14-42-15-12-20)34-26-22(18-31-37(25)26)27(38)32-19-8-6-9-21(16-19)41-5/h7,10,13,17-21H,6,8-9,11-12,14-16H2,1-5H3,(H,32,38)(H,33,34)/t19-,21-/m1/s1. The normalized spacial score (nSPS) is 19.7. The molecule has 0 unspecified atom stereocenters. The summed E-state index contributed by atoms with van der Waals surface area (Å²) in [6.07, 6.45) is 7.70. The first-order chi connectivity index (χ1) is 20.5. The number of methoxy groups -OCH3 is 1. The molecule has 3 aromatic heterocycles. The molecule has 1 aliphatic heterocycles. The highest BCUT2D eigenvalue weighted by molar-refractivity contribution is 6.00. The largest absolute Gasteiger partial charge is 0.443 e. The van der Waals surface area contributed by atoms with E-state index in [2.05, 4.69) is 15.7 Å². The molecule has 232 valence electrons. The van der Waals surface area contributed by atoms with Crippen molar-refractivity contribution in [2.45, 2.75) is 83.1 Å². The summed E-state index contributed by atoms with van der Waals surface area (Å²) in [7, 11) is 3.24. The van der Waals surface area contributed by atoms with Crippen LogP contribution in [0, 0.1) is 0 Å². The molecule has 5 rings (SSSR count). The number of carbonyl (C=O) groups excluding carboxylic acids is 2. The van der Waals surface area contributed by atoms with Gasteiger partial charge in [0.05, 0.1) is 12.3 Å². The van der Waals surface area contributed by atoms with Gasteiger partial charge in [-0.05, 0) is 71.4 Å². The van der Waals surface area contributed by atoms with Crippen molar-refractivity contribution in [2.24, 2.45) is 0 Å². The fraction of sp³-hybridized carbons (Fsp3) is 0.567. The van der Waals surface area contributed by atoms with E-state index in [0.29, 0.717) is 24.7 Å². The molecule has 2 amide bonds. The average Bonchev–Trinajstić information content (AvgIpc) is 3.41. The molecule has 0 aromatic carbocycles. The smallest absolute Gasteiger partial charge is 0.415 e. The molecule has 0 bridgehead atoms. The molecule has 13 heteroatoms. The van der Waals surface area contributed by atoms with Gasteiger partial charge in [0, 0.05) is 51.7 Å². The fourth-order valence-electron chi connectivity index (χ4n) is 5.58. The van der Waals surface area contributed by atoms with E-state index in [0.717, 1.165) is 38.5 Å². The lowest BCUT2D eigenvalue weighted by molar-refractivity contribution is 0.0561. The van der Waals surface area contributed by atoms with Crippen molar-refractivity contribution in [2.75, 3.05) is 37.6 Å². The van der Waals surface area contributed by atoms with E-state index >= 15 is 0 Å². The SMILES string of the molecule is CO[C@@H]1CCC[C@@H](NC(=O)c2cnn3c(N(C)C(=O)OC(C)(C)C)cc(Nc4cccn(C5CCOCC5)c4=O)nc23)C1. The molecule has 2 atom stereocenters. The van der Waals surface area contributed by atoms with Crippen LogP contribution in [0.5, 0.6) is 0 Å². The maximum Gasteiger partial charge on any atom is 0.415 e. The van der Waals surface area contributed by atoms with Crippen molar-refractivity contribution < 1.29 is 23.8 Å². The average molecular weight is 596 g/mol. The summed E-state index contributed by atoms with van der Waals surface area (Å²) >= 11 is 0. The van der Waals surface area contributed by atoms with Crippen LogP contribution in [0.2, 0.25) is 0 Å². The Hall–Kier alpha value is -3.97. The molecule has 1 saturated heterocycles. The molecule has 13 nitrogen and oxygen atoms in total. The topological polar surface area (TPSA) is 141 Å². The minimum absolute atomic E-state index is 0.0370. The van der Waals surface area contributed by atoms with Crippen LogP contribution < -0.4 is 21.1 Å². The highest BCUT2D eigenvalue weighted by atomic mass is 16.6. The number of aromatic nitrogens is 4. The van der Waals surface area contributed by atoms with Crippen LogP contribution in [0.25, 0.3) is 5.65 Å². The van der Waals surface area contributed by atoms with Gasteiger partial charge in [0.25, 0.3) is 11.5 Å². The predicted octanol–water partition coefficient (Wildman–Crippen LogP) is 4.04. The van der Waals surface area contributed by atoms with E-state index in [1.807, 2.05) is 0 Å². The Balaban J connectivity index is 1.51. The van der Waals surface area contributed by atoms with E-state index in [4.69, 9.17) is 19.2 Å². The van der Waals surface area contributed by atoms with Crippen LogP contribution in [0.3, 0.4) is 0 Å². The summed E-state index contributed by atoms with van der Waals surface area (Å²) in [4.78, 5) is 46.0. The molecule has 1 aliphatic carbocycles. The second-order valence-electron chi connectivity index (χ2n) is 12.1. The molecular formula is C30H41N7O6. The van der Waals surface area contributed by atoms with E-state index in [1.54, 1.807) is 63.9 Å². The third-order valence-electron chi connectivity index (χ3n) is 7.82. The second-order valence-corrected chi connectivity index (χ2v) is 12.1. The Kier molecular flexibility index (Phi) is 9.02. The summed E-state index contributed by atoms with van der Waals surface area (Å²) in [5, 5.41) is 10.7. The van der Waals surface area contributed by atoms with Crippen LogP contribution in [0.4, 0.5) is 22.1 Å². The summed E-state index contributed by atoms with van der Waals surface area (Å²) < 4.78 is 19.7. The van der Waals surface area contributed by atoms with Crippen molar-refractivity contribution in [1.29, 1.82) is 0 Å². The molecule has 4 heterocycles. The molecule has 0 spiro atoms. The molecule has 0 radical (unpaired) electrons. The summed E-state index contributed by atoms with van der Waals surface area (Å²) in [6, 6.07) is 5.08. The van der Waals surface area contributed by atoms with E-state index in [-0.39, 0.29) is 46.7 Å². The number of nitrogens with zero attached hydrogens (tertiary/aromatic N) is 5. The fourth-order valence-corrected chi connectivity index (χ4v) is 5.58. The first kappa shape index (κ1) is 30.5. The van der Waals surface area contributed by atoms with Gasteiger partial charge in [0.15, 0.2) is 5.65 Å². The van der Waals surface area contributed by atoms with Crippen LogP contribution in [0.15, 0.2) is 35.4 Å². The Labute approximate surface area is 250 Å². The van der Waals surface area contributed by atoms with Crippen molar-refractivity contribution in [3.8, 4) is 0 Å². The van der Waals surface area contributed by atoms with Crippen LogP contribution in [-0.2, 0) is 14.2 Å². The first-order valence-corrected chi connectivity index (χ1v) is 14.8. The van der Waals surface area contributed by atoms with Crippen LogP contribution >= 0.6 is 0 Å². The lowest BCUT2D eigenvalue weighted by atomic mass is 9.92. The monoisotopic (exact) mass is 595 g/mol. The highest BCUT2D eigenvalue weighted by Crippen LogP contribution is 2.26. The molecule has 2 N–H and O–H groups in total. The first-order valence-electron chi connectivity index (χ1n) is 14.8. The molecular weight excluding hydrogens is 554 g/mol. The number of carbonyl (C=O) groups is 2. The number of hydrogen-bond donors (Lipinski definition) is 2. The van der Waals surface area contributed by atoms with Crippen molar-refractivity contribution >= 4 is 35.0 Å². The number of rotatable bonds is 7. The van der Waals surface area contributed by atoms with Gasteiger partial charge < -0.3 is 29.4 Å². The molecule has 1 saturated carbocycles. The Morgan fingerprint density at radius 3 is 2.65 bits per heavy atom. The Morgan fingerprint density at radius 1 is 1.16 bits per heavy atom. The van der Waals surface area contributed by atoms with Crippen LogP contribution in [0.1, 0.15) is 75.7 Å². The van der Waals surface area contributed by atoms with E-state index in [9.17, 15) is 14.4 Å². The summed E-state index contributed by atoms with van der Waals surface area (Å²) in [5.41, 5.74) is -0.139. The van der Waals surface area contributed by atoms with E-state index < -0.39 is 11.7 Å². The number of hydrogen-bond acceptors (Lipinski definition) is 9. The minimum atomic E-state index is -0.729. The van der Waals surface area contributed by atoms with Crippen molar-refractivity contribution in [3.63, 3.8) is 0 Å². The van der Waals surface area contributed by atoms with Gasteiger partial charge in [0.1, 0.15) is 28.5 Å². The van der Waals surface area contributed by atoms with Gasteiger partial charge in [-0.1, -0.05) is 0 Å². The zero-order valence-electron chi connectivity index (χ0n) is 25.5. The lowest BCUT2D eigenvalue weighted by Crippen LogP contribution is -2.40. The van der Waals surface area contributed by atoms with E-state index in [1.165, 1.54) is 15.6 Å². The Bertz CT molecular complexity index is 1520. The third-order valence-corrected chi connectivity index (χ3v) is 7.82. The molecule has 2 fully saturated rings. The van der Waals surface area contributed by atoms with Gasteiger partial charge in [-0.3, -0.25) is 14.5 Å². The van der Waals surface area contributed by atoms with Gasteiger partial charge in [-0.15, -0.1) is 0 Å². The minimum Gasteiger partial charge on any atom is -0.443 e. The van der Waals surface area contributed by atoms with Gasteiger partial charge in [-0.2, -0.15) is 9.61 Å². The Morgan fingerprint density at radius 2 is 1.93 bits per heavy atom. The third kappa shape index (κ3) is 6.99. The highest BCUT2D eigenvalue weighted by Gasteiger charge is 2.28. The number of nitrogens with one attached hydrogen (secondary N) is 2. The zero-order chi connectivity index (χ0) is 30.7.